The van der Waals surface area contributed by atoms with Crippen LogP contribution in [0, 0.1) is 5.82 Å². The number of rotatable bonds is 3. The lowest BCUT2D eigenvalue weighted by atomic mass is 9.99. The first-order valence-corrected chi connectivity index (χ1v) is 10.7. The number of likely N-dealkylation sites (tertiary alicyclic amines) is 1. The average Bonchev–Trinajstić information content (AvgIpc) is 3.45. The van der Waals surface area contributed by atoms with Gasteiger partial charge in [0.2, 0.25) is 5.89 Å². The summed E-state index contributed by atoms with van der Waals surface area (Å²) in [5, 5.41) is 2.68. The third-order valence-corrected chi connectivity index (χ3v) is 5.82. The highest BCUT2D eigenvalue weighted by Gasteiger charge is 2.35. The summed E-state index contributed by atoms with van der Waals surface area (Å²) in [5.41, 5.74) is 0.851. The van der Waals surface area contributed by atoms with Gasteiger partial charge in [0.05, 0.1) is 5.56 Å². The fourth-order valence-electron chi connectivity index (χ4n) is 4.27. The van der Waals surface area contributed by atoms with Crippen molar-refractivity contribution in [3.8, 4) is 11.1 Å². The second kappa shape index (κ2) is 8.48. The van der Waals surface area contributed by atoms with Gasteiger partial charge in [-0.3, -0.25) is 0 Å². The third kappa shape index (κ3) is 4.21. The van der Waals surface area contributed by atoms with Crippen molar-refractivity contribution in [1.82, 2.24) is 9.88 Å². The number of carbonyl (C=O) groups excluding carboxylic acids is 1. The number of urea groups is 1. The Hall–Kier alpha value is -3.88. The lowest BCUT2D eigenvalue weighted by molar-refractivity contribution is -0.137. The van der Waals surface area contributed by atoms with E-state index in [0.717, 1.165) is 12.5 Å². The number of benzene rings is 3. The molecule has 2 heterocycles. The number of nitrogens with one attached hydrogen (secondary N) is 1. The minimum atomic E-state index is -4.49. The largest absolute Gasteiger partial charge is 0.438 e. The van der Waals surface area contributed by atoms with E-state index < -0.39 is 29.6 Å². The SMILES string of the molecule is O=C(Nc1cccc(F)c1)N1CCCC1c1nc2cc(-c3ccccc3C(F)(F)F)ccc2o1. The van der Waals surface area contributed by atoms with E-state index in [1.807, 2.05) is 0 Å². The molecule has 0 bridgehead atoms. The number of hydrogen-bond acceptors (Lipinski definition) is 3. The Labute approximate surface area is 192 Å². The molecule has 5 rings (SSSR count). The summed E-state index contributed by atoms with van der Waals surface area (Å²) in [6.07, 6.45) is -3.14. The Kier molecular flexibility index (Phi) is 5.47. The molecule has 1 aliphatic rings. The average molecular weight is 469 g/mol. The molecule has 2 amide bonds. The molecule has 3 aromatic carbocycles. The maximum Gasteiger partial charge on any atom is 0.417 e. The van der Waals surface area contributed by atoms with Crippen LogP contribution in [0.15, 0.2) is 71.1 Å². The van der Waals surface area contributed by atoms with Crippen molar-refractivity contribution < 1.29 is 26.8 Å². The highest BCUT2D eigenvalue weighted by molar-refractivity contribution is 5.90. The van der Waals surface area contributed by atoms with Crippen molar-refractivity contribution in [3.05, 3.63) is 84.0 Å². The first kappa shape index (κ1) is 21.9. The van der Waals surface area contributed by atoms with Crippen LogP contribution in [-0.2, 0) is 6.18 Å². The maximum atomic E-state index is 13.5. The lowest BCUT2D eigenvalue weighted by Crippen LogP contribution is -2.34. The number of carbonyl (C=O) groups is 1. The van der Waals surface area contributed by atoms with Crippen molar-refractivity contribution in [2.24, 2.45) is 0 Å². The van der Waals surface area contributed by atoms with E-state index in [1.165, 1.54) is 30.3 Å². The first-order chi connectivity index (χ1) is 16.3. The second-order valence-electron chi connectivity index (χ2n) is 8.07. The molecule has 9 heteroatoms. The molecule has 0 aliphatic carbocycles. The minimum Gasteiger partial charge on any atom is -0.438 e. The summed E-state index contributed by atoms with van der Waals surface area (Å²) >= 11 is 0. The number of amides is 2. The summed E-state index contributed by atoms with van der Waals surface area (Å²) in [5.74, 6) is -0.152. The predicted molar refractivity (Wildman–Crippen MR) is 119 cm³/mol. The highest BCUT2D eigenvalue weighted by Crippen LogP contribution is 2.39. The number of fused-ring (bicyclic) bond motifs is 1. The quantitative estimate of drug-likeness (QED) is 0.328. The molecule has 0 saturated carbocycles. The molecule has 5 nitrogen and oxygen atoms in total. The molecule has 1 unspecified atom stereocenters. The zero-order valence-electron chi connectivity index (χ0n) is 17.8. The number of aromatic nitrogens is 1. The molecule has 1 N–H and O–H groups in total. The molecule has 1 saturated heterocycles. The normalized spacial score (nSPS) is 16.2. The van der Waals surface area contributed by atoms with Gasteiger partial charge in [-0.15, -0.1) is 0 Å². The molecule has 0 spiro atoms. The Morgan fingerprint density at radius 3 is 2.68 bits per heavy atom. The number of oxazole rings is 1. The topological polar surface area (TPSA) is 58.4 Å². The van der Waals surface area contributed by atoms with Crippen LogP contribution in [0.2, 0.25) is 0 Å². The van der Waals surface area contributed by atoms with Crippen molar-refractivity contribution in [3.63, 3.8) is 0 Å². The van der Waals surface area contributed by atoms with Crippen molar-refractivity contribution in [2.45, 2.75) is 25.1 Å². The third-order valence-electron chi connectivity index (χ3n) is 5.82. The highest BCUT2D eigenvalue weighted by atomic mass is 19.4. The van der Waals surface area contributed by atoms with Crippen LogP contribution in [0.25, 0.3) is 22.2 Å². The number of alkyl halides is 3. The van der Waals surface area contributed by atoms with E-state index in [-0.39, 0.29) is 5.56 Å². The Morgan fingerprint density at radius 2 is 1.88 bits per heavy atom. The molecule has 1 fully saturated rings. The standard InChI is InChI=1S/C25H19F4N3O2/c26-16-5-3-6-17(14-16)30-24(33)32-12-4-9-21(32)23-31-20-13-15(10-11-22(20)34-23)18-7-1-2-8-19(18)25(27,28)29/h1-3,5-8,10-11,13-14,21H,4,9,12H2,(H,30,33). The zero-order valence-corrected chi connectivity index (χ0v) is 17.8. The van der Waals surface area contributed by atoms with Crippen LogP contribution >= 0.6 is 0 Å². The summed E-state index contributed by atoms with van der Waals surface area (Å²) in [4.78, 5) is 18.9. The van der Waals surface area contributed by atoms with Crippen molar-refractivity contribution in [2.75, 3.05) is 11.9 Å². The van der Waals surface area contributed by atoms with Crippen LogP contribution < -0.4 is 5.32 Å². The molecular formula is C25H19F4N3O2. The summed E-state index contributed by atoms with van der Waals surface area (Å²) < 4.78 is 59.7. The van der Waals surface area contributed by atoms with E-state index in [0.29, 0.717) is 41.2 Å². The Bertz CT molecular complexity index is 1370. The van der Waals surface area contributed by atoms with Gasteiger partial charge < -0.3 is 14.6 Å². The molecule has 0 radical (unpaired) electrons. The van der Waals surface area contributed by atoms with Crippen LogP contribution in [-0.4, -0.2) is 22.5 Å². The number of nitrogens with zero attached hydrogens (tertiary/aromatic N) is 2. The van der Waals surface area contributed by atoms with Gasteiger partial charge in [-0.1, -0.05) is 30.3 Å². The van der Waals surface area contributed by atoms with Gasteiger partial charge in [0.15, 0.2) is 5.58 Å². The van der Waals surface area contributed by atoms with Crippen molar-refractivity contribution in [1.29, 1.82) is 0 Å². The molecular weight excluding hydrogens is 450 g/mol. The lowest BCUT2D eigenvalue weighted by Gasteiger charge is -2.22. The fourth-order valence-corrected chi connectivity index (χ4v) is 4.27. The number of hydrogen-bond donors (Lipinski definition) is 1. The Balaban J connectivity index is 1.43. The van der Waals surface area contributed by atoms with E-state index in [4.69, 9.17) is 4.42 Å². The fraction of sp³-hybridized carbons (Fsp3) is 0.200. The summed E-state index contributed by atoms with van der Waals surface area (Å²) in [6.45, 7) is 0.467. The van der Waals surface area contributed by atoms with Gasteiger partial charge in [-0.2, -0.15) is 13.2 Å². The summed E-state index contributed by atoms with van der Waals surface area (Å²) in [7, 11) is 0. The number of anilines is 1. The van der Waals surface area contributed by atoms with E-state index in [1.54, 1.807) is 35.2 Å². The van der Waals surface area contributed by atoms with Gasteiger partial charge in [-0.05, 0) is 60.4 Å². The van der Waals surface area contributed by atoms with Crippen molar-refractivity contribution >= 4 is 22.8 Å². The van der Waals surface area contributed by atoms with E-state index in [2.05, 4.69) is 10.3 Å². The van der Waals surface area contributed by atoms with Gasteiger partial charge in [0.25, 0.3) is 0 Å². The maximum absolute atomic E-state index is 13.5. The predicted octanol–water partition coefficient (Wildman–Crippen LogP) is 7.02. The smallest absolute Gasteiger partial charge is 0.417 e. The molecule has 174 valence electrons. The van der Waals surface area contributed by atoms with Crippen LogP contribution in [0.5, 0.6) is 0 Å². The first-order valence-electron chi connectivity index (χ1n) is 10.7. The molecule has 1 atom stereocenters. The molecule has 1 aliphatic heterocycles. The molecule has 4 aromatic rings. The van der Waals surface area contributed by atoms with E-state index in [9.17, 15) is 22.4 Å². The zero-order chi connectivity index (χ0) is 23.9. The molecule has 34 heavy (non-hydrogen) atoms. The van der Waals surface area contributed by atoms with Crippen LogP contribution in [0.4, 0.5) is 28.0 Å². The minimum absolute atomic E-state index is 0.0541. The van der Waals surface area contributed by atoms with Gasteiger partial charge in [0.1, 0.15) is 17.4 Å². The van der Waals surface area contributed by atoms with Gasteiger partial charge >= 0.3 is 12.2 Å². The van der Waals surface area contributed by atoms with Crippen LogP contribution in [0.3, 0.4) is 0 Å². The summed E-state index contributed by atoms with van der Waals surface area (Å²) in [6, 6.07) is 14.8. The second-order valence-corrected chi connectivity index (χ2v) is 8.07. The Morgan fingerprint density at radius 1 is 1.06 bits per heavy atom. The number of halogens is 4. The van der Waals surface area contributed by atoms with Gasteiger partial charge in [0, 0.05) is 12.2 Å². The van der Waals surface area contributed by atoms with Crippen LogP contribution in [0.1, 0.15) is 30.3 Å². The van der Waals surface area contributed by atoms with Gasteiger partial charge in [-0.25, -0.2) is 14.2 Å². The molecule has 1 aromatic heterocycles. The van der Waals surface area contributed by atoms with E-state index >= 15 is 0 Å². The monoisotopic (exact) mass is 469 g/mol.